The fourth-order valence-corrected chi connectivity index (χ4v) is 3.20. The number of nitrogens with zero attached hydrogens (tertiary/aromatic N) is 2. The summed E-state index contributed by atoms with van der Waals surface area (Å²) in [5, 5.41) is 2.97. The van der Waals surface area contributed by atoms with Crippen molar-refractivity contribution in [3.8, 4) is 5.75 Å². The number of carbonyl (C=O) groups is 1. The normalized spacial score (nSPS) is 14.9. The average Bonchev–Trinajstić information content (AvgIpc) is 2.63. The third kappa shape index (κ3) is 4.51. The molecule has 0 spiro atoms. The van der Waals surface area contributed by atoms with Crippen LogP contribution in [-0.2, 0) is 7.05 Å². The van der Waals surface area contributed by atoms with Crippen LogP contribution in [0.3, 0.4) is 0 Å². The molecule has 0 aliphatic carbocycles. The number of piperidine rings is 1. The molecule has 1 aromatic heterocycles. The predicted molar refractivity (Wildman–Crippen MR) is 107 cm³/mol. The van der Waals surface area contributed by atoms with Gasteiger partial charge in [-0.2, -0.15) is 0 Å². The number of rotatable bonds is 3. The fraction of sp³-hybridized carbons (Fsp3) is 0.429. The molecule has 2 aromatic rings. The second-order valence-electron chi connectivity index (χ2n) is 7.26. The zero-order chi connectivity index (χ0) is 19.6. The smallest absolute Gasteiger partial charge is 0.321 e. The van der Waals surface area contributed by atoms with Gasteiger partial charge in [0.2, 0.25) is 0 Å². The summed E-state index contributed by atoms with van der Waals surface area (Å²) in [4.78, 5) is 26.2. The lowest BCUT2D eigenvalue weighted by molar-refractivity contribution is 0.115. The van der Waals surface area contributed by atoms with Crippen molar-refractivity contribution in [2.24, 2.45) is 7.05 Å². The number of anilines is 1. The van der Waals surface area contributed by atoms with E-state index in [4.69, 9.17) is 4.74 Å². The van der Waals surface area contributed by atoms with Gasteiger partial charge in [-0.15, -0.1) is 0 Å². The van der Waals surface area contributed by atoms with Crippen molar-refractivity contribution in [2.75, 3.05) is 18.4 Å². The number of aromatic nitrogens is 1. The Morgan fingerprint density at radius 1 is 1.07 bits per heavy atom. The van der Waals surface area contributed by atoms with E-state index in [0.29, 0.717) is 18.8 Å². The van der Waals surface area contributed by atoms with E-state index in [9.17, 15) is 9.59 Å². The molecule has 0 radical (unpaired) electrons. The van der Waals surface area contributed by atoms with Gasteiger partial charge in [0.15, 0.2) is 0 Å². The fourth-order valence-electron chi connectivity index (χ4n) is 3.20. The number of hydrogen-bond acceptors (Lipinski definition) is 3. The molecule has 144 valence electrons. The van der Waals surface area contributed by atoms with Crippen molar-refractivity contribution < 1.29 is 9.53 Å². The number of nitrogens with one attached hydrogen (secondary N) is 1. The molecule has 0 bridgehead atoms. The predicted octanol–water partition coefficient (Wildman–Crippen LogP) is 3.39. The van der Waals surface area contributed by atoms with Gasteiger partial charge in [-0.1, -0.05) is 6.07 Å². The van der Waals surface area contributed by atoms with Gasteiger partial charge in [0.05, 0.1) is 0 Å². The van der Waals surface area contributed by atoms with Crippen molar-refractivity contribution in [2.45, 2.75) is 39.7 Å². The first-order valence-electron chi connectivity index (χ1n) is 9.31. The highest BCUT2D eigenvalue weighted by Crippen LogP contribution is 2.20. The number of benzene rings is 1. The van der Waals surface area contributed by atoms with Crippen LogP contribution in [0.15, 0.2) is 35.1 Å². The Morgan fingerprint density at radius 2 is 1.78 bits per heavy atom. The number of pyridine rings is 1. The van der Waals surface area contributed by atoms with Crippen molar-refractivity contribution >= 4 is 11.7 Å². The summed E-state index contributed by atoms with van der Waals surface area (Å²) in [5.74, 6) is 0.605. The lowest BCUT2D eigenvalue weighted by Crippen LogP contribution is -2.43. The zero-order valence-corrected chi connectivity index (χ0v) is 16.4. The molecule has 1 aliphatic rings. The van der Waals surface area contributed by atoms with Crippen molar-refractivity contribution in [1.29, 1.82) is 0 Å². The molecule has 0 saturated carbocycles. The first kappa shape index (κ1) is 19.0. The van der Waals surface area contributed by atoms with Crippen LogP contribution in [0.2, 0.25) is 0 Å². The Morgan fingerprint density at radius 3 is 2.41 bits per heavy atom. The minimum absolute atomic E-state index is 0.0159. The molecule has 27 heavy (non-hydrogen) atoms. The van der Waals surface area contributed by atoms with Gasteiger partial charge in [0.1, 0.15) is 11.9 Å². The minimum atomic E-state index is -0.0823. The first-order chi connectivity index (χ1) is 12.8. The van der Waals surface area contributed by atoms with Crippen LogP contribution < -0.4 is 15.6 Å². The molecule has 0 atom stereocenters. The number of carbonyl (C=O) groups excluding carboxylic acids is 1. The maximum absolute atomic E-state index is 12.5. The molecule has 6 nitrogen and oxygen atoms in total. The minimum Gasteiger partial charge on any atom is -0.490 e. The molecule has 2 amide bonds. The lowest BCUT2D eigenvalue weighted by Gasteiger charge is -2.32. The number of amides is 2. The second kappa shape index (κ2) is 7.86. The van der Waals surface area contributed by atoms with Crippen molar-refractivity contribution in [3.05, 3.63) is 57.5 Å². The van der Waals surface area contributed by atoms with Crippen LogP contribution in [0, 0.1) is 20.8 Å². The van der Waals surface area contributed by atoms with Gasteiger partial charge in [-0.05, 0) is 50.1 Å². The van der Waals surface area contributed by atoms with Gasteiger partial charge in [-0.25, -0.2) is 4.79 Å². The van der Waals surface area contributed by atoms with Crippen molar-refractivity contribution in [1.82, 2.24) is 9.47 Å². The highest BCUT2D eigenvalue weighted by molar-refractivity contribution is 5.89. The molecular formula is C21H27N3O3. The van der Waals surface area contributed by atoms with Crippen LogP contribution >= 0.6 is 0 Å². The molecule has 1 aromatic carbocycles. The monoisotopic (exact) mass is 369 g/mol. The summed E-state index contributed by atoms with van der Waals surface area (Å²) in [6.07, 6.45) is 1.51. The first-order valence-corrected chi connectivity index (χ1v) is 9.31. The Bertz CT molecular complexity index is 896. The van der Waals surface area contributed by atoms with E-state index in [-0.39, 0.29) is 17.7 Å². The van der Waals surface area contributed by atoms with Gasteiger partial charge < -0.3 is 19.5 Å². The Labute approximate surface area is 159 Å². The summed E-state index contributed by atoms with van der Waals surface area (Å²) in [6, 6.07) is 9.24. The van der Waals surface area contributed by atoms with E-state index in [1.807, 2.05) is 43.0 Å². The van der Waals surface area contributed by atoms with Crippen LogP contribution in [0.4, 0.5) is 10.5 Å². The van der Waals surface area contributed by atoms with Crippen LogP contribution in [0.25, 0.3) is 0 Å². The Hall–Kier alpha value is -2.76. The zero-order valence-electron chi connectivity index (χ0n) is 16.4. The lowest BCUT2D eigenvalue weighted by atomic mass is 10.1. The van der Waals surface area contributed by atoms with Crippen LogP contribution in [0.1, 0.15) is 29.7 Å². The van der Waals surface area contributed by atoms with Gasteiger partial charge >= 0.3 is 6.03 Å². The molecule has 1 N–H and O–H groups in total. The summed E-state index contributed by atoms with van der Waals surface area (Å²) in [7, 11) is 1.74. The molecular weight excluding hydrogens is 342 g/mol. The summed E-state index contributed by atoms with van der Waals surface area (Å²) in [6.45, 7) is 7.23. The molecule has 6 heteroatoms. The summed E-state index contributed by atoms with van der Waals surface area (Å²) in [5.41, 5.74) is 3.97. The van der Waals surface area contributed by atoms with Gasteiger partial charge in [-0.3, -0.25) is 4.79 Å². The van der Waals surface area contributed by atoms with Crippen LogP contribution in [-0.4, -0.2) is 34.7 Å². The number of urea groups is 1. The van der Waals surface area contributed by atoms with Crippen molar-refractivity contribution in [3.63, 3.8) is 0 Å². The third-order valence-corrected chi connectivity index (χ3v) is 5.27. The molecule has 2 heterocycles. The van der Waals surface area contributed by atoms with E-state index in [2.05, 4.69) is 12.2 Å². The third-order valence-electron chi connectivity index (χ3n) is 5.27. The Kier molecular flexibility index (Phi) is 5.54. The SMILES string of the molecule is Cc1ccc(NC(=O)N2CCC(Oc3cc(C)n(C)c(=O)c3)CC2)cc1C. The Balaban J connectivity index is 1.54. The quantitative estimate of drug-likeness (QED) is 0.902. The van der Waals surface area contributed by atoms with E-state index in [1.165, 1.54) is 11.6 Å². The standard InChI is InChI=1S/C21H27N3O3/c1-14-5-6-17(11-15(14)2)22-21(26)24-9-7-18(8-10-24)27-19-12-16(3)23(4)20(25)13-19/h5-6,11-13,18H,7-10H2,1-4H3,(H,22,26). The molecule has 1 aliphatic heterocycles. The molecule has 0 unspecified atom stereocenters. The highest BCUT2D eigenvalue weighted by atomic mass is 16.5. The maximum atomic E-state index is 12.5. The van der Waals surface area contributed by atoms with Crippen LogP contribution in [0.5, 0.6) is 5.75 Å². The molecule has 3 rings (SSSR count). The van der Waals surface area contributed by atoms with E-state index in [1.54, 1.807) is 11.6 Å². The van der Waals surface area contributed by atoms with Gasteiger partial charge in [0.25, 0.3) is 5.56 Å². The topological polar surface area (TPSA) is 63.6 Å². The van der Waals surface area contributed by atoms with Gasteiger partial charge in [0, 0.05) is 50.4 Å². The largest absolute Gasteiger partial charge is 0.490 e. The summed E-state index contributed by atoms with van der Waals surface area (Å²) >= 11 is 0. The van der Waals surface area contributed by atoms with E-state index in [0.717, 1.165) is 29.8 Å². The molecule has 1 saturated heterocycles. The summed E-state index contributed by atoms with van der Waals surface area (Å²) < 4.78 is 7.57. The highest BCUT2D eigenvalue weighted by Gasteiger charge is 2.24. The maximum Gasteiger partial charge on any atom is 0.321 e. The second-order valence-corrected chi connectivity index (χ2v) is 7.26. The molecule has 1 fully saturated rings. The number of likely N-dealkylation sites (tertiary alicyclic amines) is 1. The van der Waals surface area contributed by atoms with E-state index >= 15 is 0 Å². The van der Waals surface area contributed by atoms with E-state index < -0.39 is 0 Å². The average molecular weight is 369 g/mol. The number of aryl methyl sites for hydroxylation is 3. The number of ether oxygens (including phenoxy) is 1. The number of hydrogen-bond donors (Lipinski definition) is 1.